The molecule has 0 spiro atoms. The standard InChI is InChI=1S/C22H24N2O6S2/c1-4-32(27,28)17-8-5-15(6-9-17)13-20(25)23-22-24(11-12-29-2)18-10-7-16(21(26)30-3)14-19(18)31-22/h5-10,14H,4,11-13H2,1-3H3. The number of thiazole rings is 1. The van der Waals surface area contributed by atoms with E-state index in [1.165, 1.54) is 30.6 Å². The second-order valence-corrected chi connectivity index (χ2v) is 10.2. The number of hydrogen-bond acceptors (Lipinski definition) is 7. The van der Waals surface area contributed by atoms with Gasteiger partial charge in [0.05, 0.1) is 46.6 Å². The van der Waals surface area contributed by atoms with Gasteiger partial charge in [0.25, 0.3) is 5.91 Å². The first kappa shape index (κ1) is 23.8. The maximum absolute atomic E-state index is 12.6. The van der Waals surface area contributed by atoms with Crippen LogP contribution in [0.2, 0.25) is 0 Å². The predicted octanol–water partition coefficient (Wildman–Crippen LogP) is 2.60. The van der Waals surface area contributed by atoms with Gasteiger partial charge in [0, 0.05) is 13.7 Å². The van der Waals surface area contributed by atoms with Gasteiger partial charge >= 0.3 is 5.97 Å². The smallest absolute Gasteiger partial charge is 0.337 e. The fraction of sp³-hybridized carbons (Fsp3) is 0.318. The Hall–Kier alpha value is -2.82. The molecule has 8 nitrogen and oxygen atoms in total. The molecule has 170 valence electrons. The van der Waals surface area contributed by atoms with Gasteiger partial charge in [0.1, 0.15) is 0 Å². The molecule has 10 heteroatoms. The summed E-state index contributed by atoms with van der Waals surface area (Å²) in [4.78, 5) is 29.5. The van der Waals surface area contributed by atoms with E-state index in [-0.39, 0.29) is 23.0 Å². The topological polar surface area (TPSA) is 104 Å². The molecule has 0 aliphatic heterocycles. The molecule has 0 bridgehead atoms. The number of sulfone groups is 1. The van der Waals surface area contributed by atoms with Crippen LogP contribution in [0.1, 0.15) is 22.8 Å². The number of esters is 1. The molecule has 3 rings (SSSR count). The molecule has 0 aliphatic carbocycles. The molecule has 1 aromatic heterocycles. The quantitative estimate of drug-likeness (QED) is 0.463. The van der Waals surface area contributed by atoms with E-state index >= 15 is 0 Å². The lowest BCUT2D eigenvalue weighted by Crippen LogP contribution is -2.19. The average Bonchev–Trinajstić information content (AvgIpc) is 3.13. The highest BCUT2D eigenvalue weighted by Crippen LogP contribution is 2.20. The number of benzene rings is 2. The molecular formula is C22H24N2O6S2. The van der Waals surface area contributed by atoms with Gasteiger partial charge in [-0.25, -0.2) is 13.2 Å². The van der Waals surface area contributed by atoms with Crippen molar-refractivity contribution >= 4 is 43.3 Å². The average molecular weight is 477 g/mol. The van der Waals surface area contributed by atoms with Crippen LogP contribution in [0.5, 0.6) is 0 Å². The molecule has 0 radical (unpaired) electrons. The maximum atomic E-state index is 12.6. The fourth-order valence-electron chi connectivity index (χ4n) is 3.10. The van der Waals surface area contributed by atoms with Crippen LogP contribution in [0, 0.1) is 0 Å². The molecule has 2 aromatic carbocycles. The summed E-state index contributed by atoms with van der Waals surface area (Å²) in [5.74, 6) is -0.778. The summed E-state index contributed by atoms with van der Waals surface area (Å²) in [7, 11) is -0.373. The minimum absolute atomic E-state index is 0.0196. The van der Waals surface area contributed by atoms with Crippen molar-refractivity contribution in [2.75, 3.05) is 26.6 Å². The van der Waals surface area contributed by atoms with Gasteiger partial charge in [-0.3, -0.25) is 4.79 Å². The van der Waals surface area contributed by atoms with Gasteiger partial charge in [-0.2, -0.15) is 4.99 Å². The van der Waals surface area contributed by atoms with E-state index in [1.807, 2.05) is 4.57 Å². The summed E-state index contributed by atoms with van der Waals surface area (Å²) < 4.78 is 36.5. The largest absolute Gasteiger partial charge is 0.465 e. The Morgan fingerprint density at radius 1 is 1.09 bits per heavy atom. The van der Waals surface area contributed by atoms with Crippen LogP contribution in [-0.4, -0.2) is 51.4 Å². The number of hydrogen-bond donors (Lipinski definition) is 0. The van der Waals surface area contributed by atoms with E-state index < -0.39 is 15.8 Å². The predicted molar refractivity (Wildman–Crippen MR) is 121 cm³/mol. The Labute approximate surface area is 190 Å². The van der Waals surface area contributed by atoms with Crippen molar-refractivity contribution in [2.45, 2.75) is 24.8 Å². The van der Waals surface area contributed by atoms with Crippen molar-refractivity contribution in [3.63, 3.8) is 0 Å². The number of rotatable bonds is 8. The number of fused-ring (bicyclic) bond motifs is 1. The molecule has 0 saturated carbocycles. The Morgan fingerprint density at radius 3 is 2.44 bits per heavy atom. The third-order valence-corrected chi connectivity index (χ3v) is 7.65. The number of carbonyl (C=O) groups excluding carboxylic acids is 2. The third kappa shape index (κ3) is 5.32. The summed E-state index contributed by atoms with van der Waals surface area (Å²) in [5.41, 5.74) is 1.92. The molecule has 0 aliphatic rings. The minimum Gasteiger partial charge on any atom is -0.465 e. The van der Waals surface area contributed by atoms with Crippen molar-refractivity contribution in [2.24, 2.45) is 4.99 Å². The molecule has 3 aromatic rings. The summed E-state index contributed by atoms with van der Waals surface area (Å²) in [5, 5.41) is 0. The van der Waals surface area contributed by atoms with Crippen LogP contribution in [0.25, 0.3) is 10.2 Å². The number of carbonyl (C=O) groups is 2. The fourth-order valence-corrected chi connectivity index (χ4v) is 5.10. The molecule has 0 saturated heterocycles. The lowest BCUT2D eigenvalue weighted by atomic mass is 10.1. The SMILES string of the molecule is CCS(=O)(=O)c1ccc(CC(=O)N=c2sc3cc(C(=O)OC)ccc3n2CCOC)cc1. The number of nitrogens with zero attached hydrogens (tertiary/aromatic N) is 2. The molecule has 0 fully saturated rings. The van der Waals surface area contributed by atoms with E-state index in [9.17, 15) is 18.0 Å². The highest BCUT2D eigenvalue weighted by atomic mass is 32.2. The Morgan fingerprint density at radius 2 is 1.81 bits per heavy atom. The number of ether oxygens (including phenoxy) is 2. The molecule has 0 N–H and O–H groups in total. The zero-order valence-electron chi connectivity index (χ0n) is 18.0. The summed E-state index contributed by atoms with van der Waals surface area (Å²) in [6, 6.07) is 11.4. The molecule has 1 amide bonds. The van der Waals surface area contributed by atoms with Gasteiger partial charge in [0.2, 0.25) is 0 Å². The van der Waals surface area contributed by atoms with Crippen molar-refractivity contribution in [1.29, 1.82) is 0 Å². The first-order valence-corrected chi connectivity index (χ1v) is 12.4. The van der Waals surface area contributed by atoms with Gasteiger partial charge < -0.3 is 14.0 Å². The van der Waals surface area contributed by atoms with Crippen LogP contribution in [-0.2, 0) is 37.1 Å². The van der Waals surface area contributed by atoms with Crippen molar-refractivity contribution in [1.82, 2.24) is 4.57 Å². The minimum atomic E-state index is -3.29. The molecular weight excluding hydrogens is 452 g/mol. The Balaban J connectivity index is 1.93. The first-order valence-electron chi connectivity index (χ1n) is 9.89. The number of aromatic nitrogens is 1. The van der Waals surface area contributed by atoms with Gasteiger partial charge in [-0.15, -0.1) is 0 Å². The number of amides is 1. The monoisotopic (exact) mass is 476 g/mol. The van der Waals surface area contributed by atoms with Crippen molar-refractivity contribution < 1.29 is 27.5 Å². The van der Waals surface area contributed by atoms with E-state index in [1.54, 1.807) is 44.4 Å². The van der Waals surface area contributed by atoms with Crippen LogP contribution >= 0.6 is 11.3 Å². The highest BCUT2D eigenvalue weighted by Gasteiger charge is 2.14. The molecule has 0 unspecified atom stereocenters. The maximum Gasteiger partial charge on any atom is 0.337 e. The summed E-state index contributed by atoms with van der Waals surface area (Å²) >= 11 is 1.30. The van der Waals surface area contributed by atoms with Crippen LogP contribution < -0.4 is 4.80 Å². The summed E-state index contributed by atoms with van der Waals surface area (Å²) in [6.45, 7) is 2.51. The summed E-state index contributed by atoms with van der Waals surface area (Å²) in [6.07, 6.45) is 0.0401. The Bertz CT molecular complexity index is 1300. The van der Waals surface area contributed by atoms with E-state index in [4.69, 9.17) is 9.47 Å². The van der Waals surface area contributed by atoms with Gasteiger partial charge in [0.15, 0.2) is 14.6 Å². The normalized spacial score (nSPS) is 12.3. The molecule has 32 heavy (non-hydrogen) atoms. The highest BCUT2D eigenvalue weighted by molar-refractivity contribution is 7.91. The van der Waals surface area contributed by atoms with E-state index in [0.29, 0.717) is 29.1 Å². The molecule has 1 heterocycles. The molecule has 0 atom stereocenters. The lowest BCUT2D eigenvalue weighted by Gasteiger charge is -2.05. The second-order valence-electron chi connectivity index (χ2n) is 6.93. The van der Waals surface area contributed by atoms with Crippen molar-refractivity contribution in [3.8, 4) is 0 Å². The zero-order chi connectivity index (χ0) is 23.3. The second kappa shape index (κ2) is 10.2. The third-order valence-electron chi connectivity index (χ3n) is 4.86. The van der Waals surface area contributed by atoms with Gasteiger partial charge in [-0.1, -0.05) is 30.4 Å². The van der Waals surface area contributed by atoms with Crippen LogP contribution in [0.4, 0.5) is 0 Å². The first-order chi connectivity index (χ1) is 15.3. The van der Waals surface area contributed by atoms with Gasteiger partial charge in [-0.05, 0) is 35.9 Å². The van der Waals surface area contributed by atoms with E-state index in [0.717, 1.165) is 10.2 Å². The van der Waals surface area contributed by atoms with Crippen LogP contribution in [0.3, 0.4) is 0 Å². The number of methoxy groups -OCH3 is 2. The lowest BCUT2D eigenvalue weighted by molar-refractivity contribution is -0.117. The zero-order valence-corrected chi connectivity index (χ0v) is 19.7. The van der Waals surface area contributed by atoms with E-state index in [2.05, 4.69) is 4.99 Å². The van der Waals surface area contributed by atoms with Crippen molar-refractivity contribution in [3.05, 3.63) is 58.4 Å². The van der Waals surface area contributed by atoms with Crippen LogP contribution in [0.15, 0.2) is 52.4 Å². The Kier molecular flexibility index (Phi) is 7.60.